The van der Waals surface area contributed by atoms with Gasteiger partial charge in [0.25, 0.3) is 5.91 Å². The minimum Gasteiger partial charge on any atom is -0.490 e. The van der Waals surface area contributed by atoms with Crippen LogP contribution in [0.3, 0.4) is 0 Å². The maximum Gasteiger partial charge on any atom is 0.272 e. The number of carbonyl (C=O) groups excluding carboxylic acids is 1. The van der Waals surface area contributed by atoms with Crippen LogP contribution in [-0.4, -0.2) is 46.2 Å². The highest BCUT2D eigenvalue weighted by atomic mass is 35.5. The standard InChI is InChI=1S/C19H21ClN2O3/c1-14-5-3-9-21-17(14)18(23)22-10-4-8-19(24,12-22)13-25-16-7-2-6-15(20)11-16/h2-3,5-7,9,11,24H,4,8,10,12-13H2,1H3. The molecule has 1 aromatic heterocycles. The third kappa shape index (κ3) is 4.30. The Bertz CT molecular complexity index is 768. The van der Waals surface area contributed by atoms with Crippen molar-refractivity contribution in [1.82, 2.24) is 9.88 Å². The van der Waals surface area contributed by atoms with Crippen molar-refractivity contribution < 1.29 is 14.6 Å². The van der Waals surface area contributed by atoms with Crippen LogP contribution in [0, 0.1) is 6.92 Å². The molecule has 3 rings (SSSR count). The number of aliphatic hydroxyl groups is 1. The fourth-order valence-corrected chi connectivity index (χ4v) is 3.22. The van der Waals surface area contributed by atoms with E-state index in [-0.39, 0.29) is 19.1 Å². The van der Waals surface area contributed by atoms with Gasteiger partial charge in [0.1, 0.15) is 23.7 Å². The largest absolute Gasteiger partial charge is 0.490 e. The zero-order valence-corrected chi connectivity index (χ0v) is 14.9. The van der Waals surface area contributed by atoms with Gasteiger partial charge in [-0.2, -0.15) is 0 Å². The average molecular weight is 361 g/mol. The van der Waals surface area contributed by atoms with Crippen molar-refractivity contribution in [3.8, 4) is 5.75 Å². The SMILES string of the molecule is Cc1cccnc1C(=O)N1CCCC(O)(COc2cccc(Cl)c2)C1. The monoisotopic (exact) mass is 360 g/mol. The Morgan fingerprint density at radius 2 is 2.24 bits per heavy atom. The summed E-state index contributed by atoms with van der Waals surface area (Å²) in [5, 5.41) is 11.4. The van der Waals surface area contributed by atoms with Gasteiger partial charge in [-0.05, 0) is 49.6 Å². The third-order valence-corrected chi connectivity index (χ3v) is 4.59. The number of amides is 1. The average Bonchev–Trinajstić information content (AvgIpc) is 2.60. The number of aryl methyl sites for hydroxylation is 1. The summed E-state index contributed by atoms with van der Waals surface area (Å²) in [6.07, 6.45) is 2.91. The molecule has 5 nitrogen and oxygen atoms in total. The molecule has 1 fully saturated rings. The van der Waals surface area contributed by atoms with E-state index in [0.717, 1.165) is 5.56 Å². The first-order valence-corrected chi connectivity index (χ1v) is 8.66. The summed E-state index contributed by atoms with van der Waals surface area (Å²) in [7, 11) is 0. The number of ether oxygens (including phenoxy) is 1. The van der Waals surface area contributed by atoms with Gasteiger partial charge in [-0.15, -0.1) is 0 Å². The molecule has 0 aliphatic carbocycles. The van der Waals surface area contributed by atoms with Gasteiger partial charge in [0.05, 0.1) is 6.54 Å². The molecule has 0 spiro atoms. The number of pyridine rings is 1. The zero-order chi connectivity index (χ0) is 17.9. The van der Waals surface area contributed by atoms with E-state index in [9.17, 15) is 9.90 Å². The highest BCUT2D eigenvalue weighted by Crippen LogP contribution is 2.25. The van der Waals surface area contributed by atoms with Gasteiger partial charge in [-0.25, -0.2) is 0 Å². The summed E-state index contributed by atoms with van der Waals surface area (Å²) < 4.78 is 5.70. The summed E-state index contributed by atoms with van der Waals surface area (Å²) >= 11 is 5.95. The first-order chi connectivity index (χ1) is 12.0. The molecular formula is C19H21ClN2O3. The number of carbonyl (C=O) groups is 1. The molecule has 1 aliphatic rings. The number of aromatic nitrogens is 1. The summed E-state index contributed by atoms with van der Waals surface area (Å²) in [5.74, 6) is 0.448. The van der Waals surface area contributed by atoms with Crippen LogP contribution in [0.4, 0.5) is 0 Å². The molecule has 0 bridgehead atoms. The Labute approximate surface area is 152 Å². The van der Waals surface area contributed by atoms with Gasteiger partial charge in [-0.3, -0.25) is 9.78 Å². The molecule has 1 aromatic carbocycles. The van der Waals surface area contributed by atoms with Crippen LogP contribution >= 0.6 is 11.6 Å². The summed E-state index contributed by atoms with van der Waals surface area (Å²) in [6, 6.07) is 10.7. The van der Waals surface area contributed by atoms with E-state index >= 15 is 0 Å². The third-order valence-electron chi connectivity index (χ3n) is 4.36. The van der Waals surface area contributed by atoms with Gasteiger partial charge in [0.15, 0.2) is 0 Å². The van der Waals surface area contributed by atoms with Gasteiger partial charge < -0.3 is 14.7 Å². The summed E-state index contributed by atoms with van der Waals surface area (Å²) in [6.45, 7) is 2.80. The van der Waals surface area contributed by atoms with Crippen molar-refractivity contribution in [3.05, 3.63) is 58.9 Å². The maximum absolute atomic E-state index is 12.7. The molecule has 1 unspecified atom stereocenters. The van der Waals surface area contributed by atoms with E-state index < -0.39 is 5.60 Å². The van der Waals surface area contributed by atoms with E-state index in [2.05, 4.69) is 4.98 Å². The Morgan fingerprint density at radius 3 is 3.00 bits per heavy atom. The smallest absolute Gasteiger partial charge is 0.272 e. The van der Waals surface area contributed by atoms with Gasteiger partial charge in [-0.1, -0.05) is 23.7 Å². The van der Waals surface area contributed by atoms with Crippen LogP contribution < -0.4 is 4.74 Å². The Kier molecular flexibility index (Phi) is 5.25. The van der Waals surface area contributed by atoms with Crippen molar-refractivity contribution in [1.29, 1.82) is 0 Å². The Hall–Kier alpha value is -2.11. The van der Waals surface area contributed by atoms with Crippen LogP contribution in [0.25, 0.3) is 0 Å². The van der Waals surface area contributed by atoms with Crippen molar-refractivity contribution >= 4 is 17.5 Å². The predicted molar refractivity (Wildman–Crippen MR) is 96.0 cm³/mol. The van der Waals surface area contributed by atoms with Crippen LogP contribution in [0.15, 0.2) is 42.6 Å². The first-order valence-electron chi connectivity index (χ1n) is 8.28. The van der Waals surface area contributed by atoms with Gasteiger partial charge in [0.2, 0.25) is 0 Å². The number of likely N-dealkylation sites (tertiary alicyclic amines) is 1. The molecule has 6 heteroatoms. The van der Waals surface area contributed by atoms with Crippen LogP contribution in [0.5, 0.6) is 5.75 Å². The van der Waals surface area contributed by atoms with E-state index in [1.807, 2.05) is 13.0 Å². The highest BCUT2D eigenvalue weighted by Gasteiger charge is 2.37. The molecule has 1 saturated heterocycles. The van der Waals surface area contributed by atoms with Crippen LogP contribution in [0.1, 0.15) is 28.9 Å². The Balaban J connectivity index is 1.67. The van der Waals surface area contributed by atoms with Gasteiger partial charge in [0, 0.05) is 17.8 Å². The number of β-amino-alcohol motifs (C(OH)–C–C–N with tert-alkyl or cyclic N) is 1. The minimum atomic E-state index is -1.08. The number of halogens is 1. The molecule has 0 radical (unpaired) electrons. The summed E-state index contributed by atoms with van der Waals surface area (Å²) in [5.41, 5.74) is 0.179. The predicted octanol–water partition coefficient (Wildman–Crippen LogP) is 3.09. The van der Waals surface area contributed by atoms with Crippen molar-refractivity contribution in [2.45, 2.75) is 25.4 Å². The fourth-order valence-electron chi connectivity index (χ4n) is 3.04. The number of nitrogens with zero attached hydrogens (tertiary/aromatic N) is 2. The van der Waals surface area contributed by atoms with Crippen molar-refractivity contribution in [3.63, 3.8) is 0 Å². The molecule has 25 heavy (non-hydrogen) atoms. The topological polar surface area (TPSA) is 62.7 Å². The van der Waals surface area contributed by atoms with Gasteiger partial charge >= 0.3 is 0 Å². The number of piperidine rings is 1. The van der Waals surface area contributed by atoms with E-state index in [0.29, 0.717) is 35.9 Å². The molecule has 1 N–H and O–H groups in total. The molecule has 0 saturated carbocycles. The van der Waals surface area contributed by atoms with E-state index in [4.69, 9.17) is 16.3 Å². The molecule has 2 aromatic rings. The normalized spacial score (nSPS) is 20.4. The lowest BCUT2D eigenvalue weighted by molar-refractivity contribution is -0.0533. The lowest BCUT2D eigenvalue weighted by atomic mass is 9.93. The quantitative estimate of drug-likeness (QED) is 0.910. The fraction of sp³-hybridized carbons (Fsp3) is 0.368. The zero-order valence-electron chi connectivity index (χ0n) is 14.1. The molecule has 132 valence electrons. The lowest BCUT2D eigenvalue weighted by Crippen LogP contribution is -2.53. The molecular weight excluding hydrogens is 340 g/mol. The molecule has 1 aliphatic heterocycles. The molecule has 1 amide bonds. The maximum atomic E-state index is 12.7. The number of hydrogen-bond acceptors (Lipinski definition) is 4. The first kappa shape index (κ1) is 17.7. The van der Waals surface area contributed by atoms with E-state index in [1.165, 1.54) is 0 Å². The second-order valence-electron chi connectivity index (χ2n) is 6.47. The van der Waals surface area contributed by atoms with Crippen molar-refractivity contribution in [2.24, 2.45) is 0 Å². The number of benzene rings is 1. The second-order valence-corrected chi connectivity index (χ2v) is 6.91. The summed E-state index contributed by atoms with van der Waals surface area (Å²) in [4.78, 5) is 18.6. The molecule has 2 heterocycles. The van der Waals surface area contributed by atoms with Crippen LogP contribution in [-0.2, 0) is 0 Å². The van der Waals surface area contributed by atoms with Crippen molar-refractivity contribution in [2.75, 3.05) is 19.7 Å². The highest BCUT2D eigenvalue weighted by molar-refractivity contribution is 6.30. The van der Waals surface area contributed by atoms with Crippen LogP contribution in [0.2, 0.25) is 5.02 Å². The number of rotatable bonds is 4. The Morgan fingerprint density at radius 1 is 1.40 bits per heavy atom. The minimum absolute atomic E-state index is 0.109. The molecule has 1 atom stereocenters. The lowest BCUT2D eigenvalue weighted by Gasteiger charge is -2.38. The number of hydrogen-bond donors (Lipinski definition) is 1. The van der Waals surface area contributed by atoms with E-state index in [1.54, 1.807) is 41.4 Å². The second kappa shape index (κ2) is 7.42.